The summed E-state index contributed by atoms with van der Waals surface area (Å²) in [5.41, 5.74) is 0. The molecule has 87 heavy (non-hydrogen) atoms. The van der Waals surface area contributed by atoms with Crippen molar-refractivity contribution in [2.45, 2.75) is 322 Å². The largest absolute Gasteiger partial charge is 0.545 e. The number of rotatable bonds is 66. The summed E-state index contributed by atoms with van der Waals surface area (Å²) in [5.74, 6) is -2.28. The van der Waals surface area contributed by atoms with Gasteiger partial charge in [0.1, 0.15) is 13.2 Å². The van der Waals surface area contributed by atoms with Crippen molar-refractivity contribution in [1.82, 2.24) is 0 Å². The monoisotopic (exact) mass is 1210 g/mol. The molecule has 0 amide bonds. The van der Waals surface area contributed by atoms with Gasteiger partial charge in [-0.15, -0.1) is 0 Å². The molecule has 0 heterocycles. The summed E-state index contributed by atoms with van der Waals surface area (Å²) < 4.78 is 22.8. The van der Waals surface area contributed by atoms with E-state index < -0.39 is 24.3 Å². The van der Waals surface area contributed by atoms with Crippen LogP contribution in [0, 0.1) is 0 Å². The molecule has 0 aromatic heterocycles. The highest BCUT2D eigenvalue weighted by atomic mass is 16.7. The van der Waals surface area contributed by atoms with E-state index in [2.05, 4.69) is 123 Å². The Balaban J connectivity index is 4.11. The van der Waals surface area contributed by atoms with E-state index >= 15 is 0 Å². The number of quaternary nitrogens is 1. The number of hydrogen-bond acceptors (Lipinski definition) is 8. The Bertz CT molecular complexity index is 1800. The lowest BCUT2D eigenvalue weighted by molar-refractivity contribution is -0.870. The Labute approximate surface area is 536 Å². The molecule has 0 aliphatic rings. The fourth-order valence-corrected chi connectivity index (χ4v) is 10.0. The minimum absolute atomic E-state index is 0.144. The smallest absolute Gasteiger partial charge is 0.306 e. The highest BCUT2D eigenvalue weighted by Gasteiger charge is 2.22. The van der Waals surface area contributed by atoms with Crippen LogP contribution >= 0.6 is 0 Å². The molecule has 0 radical (unpaired) electrons. The Hall–Kier alpha value is -4.05. The molecule has 0 aliphatic heterocycles. The van der Waals surface area contributed by atoms with Crippen molar-refractivity contribution in [3.63, 3.8) is 0 Å². The normalized spacial score (nSPS) is 13.3. The van der Waals surface area contributed by atoms with Gasteiger partial charge in [-0.1, -0.05) is 303 Å². The molecule has 0 saturated heterocycles. The summed E-state index contributed by atoms with van der Waals surface area (Å²) in [6.07, 6.45) is 91.7. The summed E-state index contributed by atoms with van der Waals surface area (Å²) in [6.45, 7) is 4.65. The van der Waals surface area contributed by atoms with Gasteiger partial charge in [-0.2, -0.15) is 0 Å². The van der Waals surface area contributed by atoms with Gasteiger partial charge in [-0.25, -0.2) is 0 Å². The number of aliphatic carboxylic acids is 1. The number of esters is 2. The number of carbonyl (C=O) groups is 3. The van der Waals surface area contributed by atoms with Crippen molar-refractivity contribution in [1.29, 1.82) is 0 Å². The minimum Gasteiger partial charge on any atom is -0.545 e. The van der Waals surface area contributed by atoms with E-state index in [4.69, 9.17) is 18.9 Å². The summed E-state index contributed by atoms with van der Waals surface area (Å²) in [5, 5.41) is 11.8. The summed E-state index contributed by atoms with van der Waals surface area (Å²) in [7, 11) is 5.93. The summed E-state index contributed by atoms with van der Waals surface area (Å²) >= 11 is 0. The van der Waals surface area contributed by atoms with Crippen LogP contribution < -0.4 is 5.11 Å². The van der Waals surface area contributed by atoms with Gasteiger partial charge in [0.25, 0.3) is 0 Å². The van der Waals surface area contributed by atoms with Crippen LogP contribution in [-0.4, -0.2) is 82.3 Å². The van der Waals surface area contributed by atoms with E-state index in [0.717, 1.165) is 89.9 Å². The number of likely N-dealkylation sites (N-methyl/N-ethyl adjacent to an activating group) is 1. The summed E-state index contributed by atoms with van der Waals surface area (Å²) in [6, 6.07) is 0. The predicted octanol–water partition coefficient (Wildman–Crippen LogP) is 21.2. The van der Waals surface area contributed by atoms with Crippen molar-refractivity contribution >= 4 is 17.9 Å². The first-order valence-corrected chi connectivity index (χ1v) is 36.0. The lowest BCUT2D eigenvalue weighted by atomic mass is 10.0. The molecular formula is C78H135NO8. The first-order valence-electron chi connectivity index (χ1n) is 36.0. The van der Waals surface area contributed by atoms with E-state index in [1.165, 1.54) is 186 Å². The van der Waals surface area contributed by atoms with E-state index in [0.29, 0.717) is 17.4 Å². The highest BCUT2D eigenvalue weighted by molar-refractivity contribution is 5.70. The van der Waals surface area contributed by atoms with Crippen LogP contribution in [0.5, 0.6) is 0 Å². The van der Waals surface area contributed by atoms with E-state index in [9.17, 15) is 19.5 Å². The second-order valence-electron chi connectivity index (χ2n) is 25.1. The third-order valence-electron chi connectivity index (χ3n) is 15.5. The number of carboxylic acid groups (broad SMARTS) is 1. The molecule has 0 aliphatic carbocycles. The van der Waals surface area contributed by atoms with Crippen LogP contribution in [0.25, 0.3) is 0 Å². The minimum atomic E-state index is -1.63. The molecule has 0 spiro atoms. The molecule has 0 bridgehead atoms. The van der Waals surface area contributed by atoms with Crippen molar-refractivity contribution in [3.05, 3.63) is 109 Å². The molecule has 0 aromatic rings. The topological polar surface area (TPSA) is 111 Å². The predicted molar refractivity (Wildman–Crippen MR) is 370 cm³/mol. The molecule has 0 saturated carbocycles. The zero-order valence-corrected chi connectivity index (χ0v) is 57.1. The molecule has 2 atom stereocenters. The van der Waals surface area contributed by atoms with Crippen LogP contribution in [0.2, 0.25) is 0 Å². The highest BCUT2D eigenvalue weighted by Crippen LogP contribution is 2.17. The van der Waals surface area contributed by atoms with Gasteiger partial charge < -0.3 is 33.3 Å². The van der Waals surface area contributed by atoms with Gasteiger partial charge in [-0.05, 0) is 103 Å². The molecular weight excluding hydrogens is 1080 g/mol. The van der Waals surface area contributed by atoms with Crippen molar-refractivity contribution < 1.29 is 42.9 Å². The molecule has 9 nitrogen and oxygen atoms in total. The second kappa shape index (κ2) is 67.9. The van der Waals surface area contributed by atoms with Gasteiger partial charge >= 0.3 is 11.9 Å². The quantitative estimate of drug-likeness (QED) is 0.0195. The number of allylic oxidation sites excluding steroid dienone is 18. The third-order valence-corrected chi connectivity index (χ3v) is 15.5. The number of nitrogens with zero attached hydrogens (tertiary/aromatic N) is 1. The second-order valence-corrected chi connectivity index (χ2v) is 25.1. The van der Waals surface area contributed by atoms with Crippen LogP contribution in [0.15, 0.2) is 109 Å². The fraction of sp³-hybridized carbons (Fsp3) is 0.731. The average molecular weight is 1210 g/mol. The first-order chi connectivity index (χ1) is 42.6. The van der Waals surface area contributed by atoms with Crippen molar-refractivity contribution in [3.8, 4) is 0 Å². The van der Waals surface area contributed by atoms with Gasteiger partial charge in [-0.3, -0.25) is 9.59 Å². The van der Waals surface area contributed by atoms with E-state index in [-0.39, 0.29) is 38.6 Å². The van der Waals surface area contributed by atoms with Gasteiger partial charge in [0.05, 0.1) is 40.3 Å². The van der Waals surface area contributed by atoms with Crippen molar-refractivity contribution in [2.24, 2.45) is 0 Å². The Morgan fingerprint density at radius 1 is 0.356 bits per heavy atom. The molecule has 9 heteroatoms. The fourth-order valence-electron chi connectivity index (χ4n) is 10.0. The number of ether oxygens (including phenoxy) is 4. The zero-order chi connectivity index (χ0) is 63.3. The van der Waals surface area contributed by atoms with Gasteiger partial charge in [0.2, 0.25) is 0 Å². The van der Waals surface area contributed by atoms with Gasteiger partial charge in [0.15, 0.2) is 12.4 Å². The lowest BCUT2D eigenvalue weighted by Gasteiger charge is -2.26. The maximum Gasteiger partial charge on any atom is 0.306 e. The van der Waals surface area contributed by atoms with Crippen LogP contribution in [0.4, 0.5) is 0 Å². The van der Waals surface area contributed by atoms with E-state index in [1.54, 1.807) is 0 Å². The number of carbonyl (C=O) groups excluding carboxylic acids is 3. The van der Waals surface area contributed by atoms with Crippen LogP contribution in [-0.2, 0) is 33.3 Å². The zero-order valence-electron chi connectivity index (χ0n) is 57.1. The lowest BCUT2D eigenvalue weighted by Crippen LogP contribution is -2.44. The Morgan fingerprint density at radius 2 is 0.655 bits per heavy atom. The number of hydrogen-bond donors (Lipinski definition) is 0. The maximum absolute atomic E-state index is 12.9. The summed E-state index contributed by atoms with van der Waals surface area (Å²) in [4.78, 5) is 37.5. The molecule has 0 N–H and O–H groups in total. The molecule has 0 fully saturated rings. The molecule has 2 unspecified atom stereocenters. The average Bonchev–Trinajstić information content (AvgIpc) is 3.56. The molecule has 0 rings (SSSR count). The molecule has 0 aromatic carbocycles. The third kappa shape index (κ3) is 69.3. The van der Waals surface area contributed by atoms with E-state index in [1.807, 2.05) is 21.1 Å². The van der Waals surface area contributed by atoms with Gasteiger partial charge in [0, 0.05) is 12.8 Å². The maximum atomic E-state index is 12.9. The van der Waals surface area contributed by atoms with Crippen LogP contribution in [0.3, 0.4) is 0 Å². The number of unbranched alkanes of at least 4 members (excludes halogenated alkanes) is 33. The SMILES string of the molecule is CC/C=C\C/C=C\C/C=C\C/C=C\C/C=C\C/C=C\C/C=C\CCCCCCCCCCCCCCCC(=O)OC(COC(=O)CCCCCCCCCCCCCCCCC/C=C\C/C=C\CCCCCCC)COC(OCC[N+](C)(C)C)C(=O)[O-]. The van der Waals surface area contributed by atoms with Crippen molar-refractivity contribution in [2.75, 3.05) is 47.5 Å². The Morgan fingerprint density at radius 3 is 0.977 bits per heavy atom. The van der Waals surface area contributed by atoms with Crippen LogP contribution in [0.1, 0.15) is 309 Å². The first kappa shape index (κ1) is 83.0. The number of carboxylic acids is 1. The standard InChI is InChI=1S/C78H135NO8/c1-6-8-10-12-14-16-18-20-22-24-26-28-30-32-34-35-36-37-38-39-40-41-43-45-47-49-51-53-55-57-59-61-63-65-67-69-76(81)87-74(73-86-78(77(82)83)84-71-70-79(3,4)5)72-85-75(80)68-66-64-62-60-58-56-54-52-50-48-46-44-42-33-31-29-27-25-23-21-19-17-15-13-11-9-7-2/h8,10,14,16,19-22,25-28,32,34,36-37,39-40,74,78H,6-7,9,11-13,15,17-18,23-24,29-31,33,35,38,41-73H2,1-5H3/b10-8-,16-14-,21-19-,22-20-,27-25-,28-26-,34-32-,37-36-,40-39-. The molecule has 500 valence electrons. The Kier molecular flexibility index (Phi) is 64.7.